The van der Waals surface area contributed by atoms with Crippen molar-refractivity contribution in [2.75, 3.05) is 0 Å². The van der Waals surface area contributed by atoms with Crippen molar-refractivity contribution < 1.29 is 0 Å². The lowest BCUT2D eigenvalue weighted by Crippen LogP contribution is -2.21. The Labute approximate surface area is 122 Å². The van der Waals surface area contributed by atoms with Crippen LogP contribution in [0.3, 0.4) is 0 Å². The van der Waals surface area contributed by atoms with Crippen LogP contribution in [-0.4, -0.2) is 16.0 Å². The number of nitrogens with one attached hydrogen (secondary N) is 1. The first-order valence-electron chi connectivity index (χ1n) is 6.12. The first kappa shape index (κ1) is 14.3. The van der Waals surface area contributed by atoms with Gasteiger partial charge in [0, 0.05) is 35.4 Å². The fourth-order valence-electron chi connectivity index (χ4n) is 1.43. The zero-order chi connectivity index (χ0) is 13.7. The predicted octanol–water partition coefficient (Wildman–Crippen LogP) is 3.78. The lowest BCUT2D eigenvalue weighted by molar-refractivity contribution is 0.585. The molecule has 0 spiro atoms. The second-order valence-corrected chi connectivity index (χ2v) is 5.86. The largest absolute Gasteiger partial charge is 0.310 e. The standard InChI is InChI=1S/C14H16ClN3S/c1-10(2)16-7-11-8-17-14(18-9-11)19-13-6-4-3-5-12(13)15/h3-6,8-10,16H,7H2,1-2H3. The molecule has 2 aromatic rings. The highest BCUT2D eigenvalue weighted by atomic mass is 35.5. The van der Waals surface area contributed by atoms with E-state index in [1.165, 1.54) is 11.8 Å². The Kier molecular flexibility index (Phi) is 5.19. The Bertz CT molecular complexity index is 528. The minimum Gasteiger partial charge on any atom is -0.310 e. The number of hydrogen-bond donors (Lipinski definition) is 1. The Morgan fingerprint density at radius 1 is 1.21 bits per heavy atom. The average Bonchev–Trinajstić information content (AvgIpc) is 2.40. The highest BCUT2D eigenvalue weighted by Gasteiger charge is 2.04. The van der Waals surface area contributed by atoms with Crippen LogP contribution in [0, 0.1) is 0 Å². The molecule has 0 amide bonds. The molecule has 1 aromatic carbocycles. The van der Waals surface area contributed by atoms with Gasteiger partial charge in [0.2, 0.25) is 0 Å². The summed E-state index contributed by atoms with van der Waals surface area (Å²) in [5.41, 5.74) is 1.08. The number of nitrogens with zero attached hydrogens (tertiary/aromatic N) is 2. The third-order valence-corrected chi connectivity index (χ3v) is 3.84. The van der Waals surface area contributed by atoms with Crippen molar-refractivity contribution in [2.24, 2.45) is 0 Å². The molecule has 0 unspecified atom stereocenters. The summed E-state index contributed by atoms with van der Waals surface area (Å²) in [6.07, 6.45) is 3.70. The van der Waals surface area contributed by atoms with Gasteiger partial charge in [-0.3, -0.25) is 0 Å². The van der Waals surface area contributed by atoms with Gasteiger partial charge in [0.25, 0.3) is 0 Å². The molecule has 5 heteroatoms. The molecule has 0 bridgehead atoms. The molecule has 0 radical (unpaired) electrons. The van der Waals surface area contributed by atoms with E-state index in [0.29, 0.717) is 11.2 Å². The number of halogens is 1. The van der Waals surface area contributed by atoms with Crippen molar-refractivity contribution >= 4 is 23.4 Å². The molecule has 0 atom stereocenters. The zero-order valence-electron chi connectivity index (χ0n) is 10.9. The van der Waals surface area contributed by atoms with Crippen molar-refractivity contribution in [2.45, 2.75) is 36.5 Å². The van der Waals surface area contributed by atoms with Gasteiger partial charge in [0.05, 0.1) is 5.02 Å². The molecule has 3 nitrogen and oxygen atoms in total. The summed E-state index contributed by atoms with van der Waals surface area (Å²) in [6, 6.07) is 8.15. The maximum Gasteiger partial charge on any atom is 0.192 e. The van der Waals surface area contributed by atoms with E-state index in [1.807, 2.05) is 36.7 Å². The maximum absolute atomic E-state index is 6.10. The van der Waals surface area contributed by atoms with Gasteiger partial charge in [-0.05, 0) is 23.9 Å². The third kappa shape index (κ3) is 4.49. The SMILES string of the molecule is CC(C)NCc1cnc(Sc2ccccc2Cl)nc1. The van der Waals surface area contributed by atoms with E-state index >= 15 is 0 Å². The van der Waals surface area contributed by atoms with Gasteiger partial charge in [-0.1, -0.05) is 37.6 Å². The molecule has 0 saturated carbocycles. The van der Waals surface area contributed by atoms with Crippen molar-refractivity contribution in [3.63, 3.8) is 0 Å². The fourth-order valence-corrected chi connectivity index (χ4v) is 2.41. The number of benzene rings is 1. The van der Waals surface area contributed by atoms with E-state index in [4.69, 9.17) is 11.6 Å². The van der Waals surface area contributed by atoms with Crippen LogP contribution in [0.25, 0.3) is 0 Å². The third-order valence-electron chi connectivity index (χ3n) is 2.43. The number of rotatable bonds is 5. The number of aromatic nitrogens is 2. The highest BCUT2D eigenvalue weighted by molar-refractivity contribution is 7.99. The van der Waals surface area contributed by atoms with E-state index in [0.717, 1.165) is 22.0 Å². The Hall–Kier alpha value is -1.10. The minimum atomic E-state index is 0.456. The molecule has 0 aliphatic carbocycles. The fraction of sp³-hybridized carbons (Fsp3) is 0.286. The van der Waals surface area contributed by atoms with E-state index in [2.05, 4.69) is 29.1 Å². The summed E-state index contributed by atoms with van der Waals surface area (Å²) in [5, 5.41) is 4.77. The van der Waals surface area contributed by atoms with Crippen LogP contribution in [0.4, 0.5) is 0 Å². The van der Waals surface area contributed by atoms with Gasteiger partial charge in [0.15, 0.2) is 5.16 Å². The van der Waals surface area contributed by atoms with Gasteiger partial charge in [0.1, 0.15) is 0 Å². The van der Waals surface area contributed by atoms with Gasteiger partial charge in [-0.25, -0.2) is 9.97 Å². The molecule has 1 aromatic heterocycles. The predicted molar refractivity (Wildman–Crippen MR) is 79.6 cm³/mol. The molecule has 2 rings (SSSR count). The molecule has 100 valence electrons. The molecular weight excluding hydrogens is 278 g/mol. The quantitative estimate of drug-likeness (QED) is 0.852. The molecule has 0 aliphatic rings. The smallest absolute Gasteiger partial charge is 0.192 e. The van der Waals surface area contributed by atoms with Crippen LogP contribution in [0.5, 0.6) is 0 Å². The second-order valence-electron chi connectivity index (χ2n) is 4.44. The first-order valence-corrected chi connectivity index (χ1v) is 7.31. The van der Waals surface area contributed by atoms with Gasteiger partial charge >= 0.3 is 0 Å². The lowest BCUT2D eigenvalue weighted by Gasteiger charge is -2.07. The molecule has 0 saturated heterocycles. The van der Waals surface area contributed by atoms with Crippen LogP contribution < -0.4 is 5.32 Å². The summed E-state index contributed by atoms with van der Waals surface area (Å²) >= 11 is 7.58. The van der Waals surface area contributed by atoms with Crippen LogP contribution in [0.2, 0.25) is 5.02 Å². The van der Waals surface area contributed by atoms with Gasteiger partial charge < -0.3 is 5.32 Å². The van der Waals surface area contributed by atoms with E-state index in [9.17, 15) is 0 Å². The van der Waals surface area contributed by atoms with Crippen LogP contribution in [0.1, 0.15) is 19.4 Å². The molecular formula is C14H16ClN3S. The summed E-state index contributed by atoms with van der Waals surface area (Å²) in [7, 11) is 0. The van der Waals surface area contributed by atoms with E-state index in [-0.39, 0.29) is 0 Å². The van der Waals surface area contributed by atoms with Crippen molar-refractivity contribution in [1.29, 1.82) is 0 Å². The lowest BCUT2D eigenvalue weighted by atomic mass is 10.3. The van der Waals surface area contributed by atoms with Gasteiger partial charge in [-0.15, -0.1) is 0 Å². The van der Waals surface area contributed by atoms with Crippen LogP contribution >= 0.6 is 23.4 Å². The molecule has 1 N–H and O–H groups in total. The molecule has 19 heavy (non-hydrogen) atoms. The Morgan fingerprint density at radius 2 is 1.89 bits per heavy atom. The summed E-state index contributed by atoms with van der Waals surface area (Å²) in [6.45, 7) is 5.01. The number of hydrogen-bond acceptors (Lipinski definition) is 4. The molecule has 0 aliphatic heterocycles. The van der Waals surface area contributed by atoms with Crippen LogP contribution in [0.15, 0.2) is 46.7 Å². The summed E-state index contributed by atoms with van der Waals surface area (Å²) < 4.78 is 0. The van der Waals surface area contributed by atoms with Crippen molar-refractivity contribution in [3.05, 3.63) is 47.2 Å². The van der Waals surface area contributed by atoms with Crippen molar-refractivity contribution in [3.8, 4) is 0 Å². The monoisotopic (exact) mass is 293 g/mol. The van der Waals surface area contributed by atoms with E-state index in [1.54, 1.807) is 0 Å². The molecule has 0 fully saturated rings. The van der Waals surface area contributed by atoms with Gasteiger partial charge in [-0.2, -0.15) is 0 Å². The Balaban J connectivity index is 2.01. The second kappa shape index (κ2) is 6.89. The zero-order valence-corrected chi connectivity index (χ0v) is 12.5. The van der Waals surface area contributed by atoms with Crippen molar-refractivity contribution in [1.82, 2.24) is 15.3 Å². The first-order chi connectivity index (χ1) is 9.15. The topological polar surface area (TPSA) is 37.8 Å². The molecule has 1 heterocycles. The normalized spacial score (nSPS) is 10.9. The van der Waals surface area contributed by atoms with Crippen LogP contribution in [-0.2, 0) is 6.54 Å². The summed E-state index contributed by atoms with van der Waals surface area (Å²) in [4.78, 5) is 9.66. The summed E-state index contributed by atoms with van der Waals surface area (Å²) in [5.74, 6) is 0. The highest BCUT2D eigenvalue weighted by Crippen LogP contribution is 2.30. The van der Waals surface area contributed by atoms with E-state index < -0.39 is 0 Å². The minimum absolute atomic E-state index is 0.456. The Morgan fingerprint density at radius 3 is 2.53 bits per heavy atom. The average molecular weight is 294 g/mol. The maximum atomic E-state index is 6.10.